The molecule has 1 unspecified atom stereocenters. The summed E-state index contributed by atoms with van der Waals surface area (Å²) in [7, 11) is 1.61. The van der Waals surface area contributed by atoms with Crippen molar-refractivity contribution in [3.63, 3.8) is 0 Å². The van der Waals surface area contributed by atoms with E-state index in [9.17, 15) is 4.79 Å². The number of carbonyl (C=O) groups excluding carboxylic acids is 1. The maximum Gasteiger partial charge on any atom is 0.182 e. The van der Waals surface area contributed by atoms with Gasteiger partial charge in [0.1, 0.15) is 11.5 Å². The molecule has 2 aromatic rings. The summed E-state index contributed by atoms with van der Waals surface area (Å²) < 4.78 is 10.9. The minimum Gasteiger partial charge on any atom is -0.497 e. The molecule has 3 rings (SSSR count). The van der Waals surface area contributed by atoms with E-state index in [1.165, 1.54) is 0 Å². The van der Waals surface area contributed by atoms with E-state index in [2.05, 4.69) is 0 Å². The lowest BCUT2D eigenvalue weighted by molar-refractivity contribution is -0.126. The van der Waals surface area contributed by atoms with Crippen LogP contribution in [0.15, 0.2) is 42.5 Å². The Hall–Kier alpha value is -2.00. The zero-order chi connectivity index (χ0) is 14.1. The zero-order valence-corrected chi connectivity index (χ0v) is 11.7. The summed E-state index contributed by atoms with van der Waals surface area (Å²) in [5.41, 5.74) is 1.67. The van der Waals surface area contributed by atoms with Gasteiger partial charge in [0.2, 0.25) is 0 Å². The molecular formula is C16H13ClO3. The minimum atomic E-state index is -0.561. The van der Waals surface area contributed by atoms with E-state index >= 15 is 0 Å². The van der Waals surface area contributed by atoms with E-state index in [0.717, 1.165) is 22.6 Å². The fourth-order valence-corrected chi connectivity index (χ4v) is 2.50. The van der Waals surface area contributed by atoms with Crippen molar-refractivity contribution in [1.29, 1.82) is 0 Å². The molecule has 0 aliphatic carbocycles. The first-order valence-corrected chi connectivity index (χ1v) is 6.67. The van der Waals surface area contributed by atoms with Crippen LogP contribution < -0.4 is 9.47 Å². The summed E-state index contributed by atoms with van der Waals surface area (Å²) in [4.78, 5) is 12.2. The summed E-state index contributed by atoms with van der Waals surface area (Å²) >= 11 is 5.93. The van der Waals surface area contributed by atoms with Crippen molar-refractivity contribution in [1.82, 2.24) is 0 Å². The Labute approximate surface area is 122 Å². The van der Waals surface area contributed by atoms with E-state index in [-0.39, 0.29) is 5.78 Å². The second-order valence-corrected chi connectivity index (χ2v) is 5.10. The normalized spacial score (nSPS) is 17.3. The standard InChI is InChI=1S/C16H13ClO3/c1-19-13-5-2-10(3-6-13)16-14(18)9-11-8-12(17)4-7-15(11)20-16/h2-8,16H,9H2,1H3. The first-order valence-electron chi connectivity index (χ1n) is 6.29. The summed E-state index contributed by atoms with van der Waals surface area (Å²) in [5, 5.41) is 0.614. The molecule has 0 aromatic heterocycles. The van der Waals surface area contributed by atoms with Crippen LogP contribution in [0.4, 0.5) is 0 Å². The number of fused-ring (bicyclic) bond motifs is 1. The van der Waals surface area contributed by atoms with Gasteiger partial charge in [0.15, 0.2) is 11.9 Å². The van der Waals surface area contributed by atoms with Gasteiger partial charge in [0.25, 0.3) is 0 Å². The van der Waals surface area contributed by atoms with Gasteiger partial charge >= 0.3 is 0 Å². The molecule has 0 bridgehead atoms. The van der Waals surface area contributed by atoms with Gasteiger partial charge in [-0.3, -0.25) is 4.79 Å². The summed E-state index contributed by atoms with van der Waals surface area (Å²) in [6, 6.07) is 12.7. The fraction of sp³-hybridized carbons (Fsp3) is 0.188. The largest absolute Gasteiger partial charge is 0.497 e. The molecule has 0 radical (unpaired) electrons. The van der Waals surface area contributed by atoms with Crippen LogP contribution in [-0.4, -0.2) is 12.9 Å². The monoisotopic (exact) mass is 288 g/mol. The molecule has 1 aliphatic rings. The Bertz CT molecular complexity index is 649. The van der Waals surface area contributed by atoms with Crippen molar-refractivity contribution in [3.05, 3.63) is 58.6 Å². The number of ketones is 1. The molecule has 2 aromatic carbocycles. The van der Waals surface area contributed by atoms with Crippen LogP contribution in [0.1, 0.15) is 17.2 Å². The van der Waals surface area contributed by atoms with Gasteiger partial charge in [-0.15, -0.1) is 0 Å². The van der Waals surface area contributed by atoms with Crippen molar-refractivity contribution in [2.45, 2.75) is 12.5 Å². The number of rotatable bonds is 2. The summed E-state index contributed by atoms with van der Waals surface area (Å²) in [6.07, 6.45) is -0.221. The average molecular weight is 289 g/mol. The molecule has 3 nitrogen and oxygen atoms in total. The molecule has 0 spiro atoms. The van der Waals surface area contributed by atoms with E-state index in [4.69, 9.17) is 21.1 Å². The lowest BCUT2D eigenvalue weighted by atomic mass is 9.96. The maximum absolute atomic E-state index is 12.2. The number of benzene rings is 2. The number of halogens is 1. The second kappa shape index (κ2) is 5.17. The zero-order valence-electron chi connectivity index (χ0n) is 10.9. The molecule has 0 amide bonds. The van der Waals surface area contributed by atoms with Crippen LogP contribution in [0.5, 0.6) is 11.5 Å². The van der Waals surface area contributed by atoms with Gasteiger partial charge in [0, 0.05) is 22.6 Å². The minimum absolute atomic E-state index is 0.0323. The first-order chi connectivity index (χ1) is 9.67. The number of hydrogen-bond acceptors (Lipinski definition) is 3. The fourth-order valence-electron chi connectivity index (χ4n) is 2.31. The van der Waals surface area contributed by atoms with Crippen LogP contribution >= 0.6 is 11.6 Å². The molecular weight excluding hydrogens is 276 g/mol. The smallest absolute Gasteiger partial charge is 0.182 e. The van der Waals surface area contributed by atoms with Crippen molar-refractivity contribution in [2.75, 3.05) is 7.11 Å². The van der Waals surface area contributed by atoms with Crippen molar-refractivity contribution >= 4 is 17.4 Å². The number of ether oxygens (including phenoxy) is 2. The molecule has 0 saturated carbocycles. The second-order valence-electron chi connectivity index (χ2n) is 4.67. The third-order valence-corrected chi connectivity index (χ3v) is 3.58. The van der Waals surface area contributed by atoms with Crippen molar-refractivity contribution in [3.8, 4) is 11.5 Å². The predicted molar refractivity (Wildman–Crippen MR) is 76.5 cm³/mol. The number of Topliss-reactive ketones (excluding diaryl/α,β-unsaturated/α-hetero) is 1. The Kier molecular flexibility index (Phi) is 3.36. The molecule has 102 valence electrons. The van der Waals surface area contributed by atoms with Crippen LogP contribution in [0.2, 0.25) is 5.02 Å². The summed E-state index contributed by atoms with van der Waals surface area (Å²) in [6.45, 7) is 0. The van der Waals surface area contributed by atoms with Gasteiger partial charge in [0.05, 0.1) is 7.11 Å². The predicted octanol–water partition coefficient (Wildman–Crippen LogP) is 3.59. The Morgan fingerprint density at radius 3 is 2.65 bits per heavy atom. The highest BCUT2D eigenvalue weighted by atomic mass is 35.5. The molecule has 1 heterocycles. The number of methoxy groups -OCH3 is 1. The Balaban J connectivity index is 1.91. The Morgan fingerprint density at radius 1 is 1.20 bits per heavy atom. The topological polar surface area (TPSA) is 35.5 Å². The van der Waals surface area contributed by atoms with E-state index < -0.39 is 6.10 Å². The van der Waals surface area contributed by atoms with Gasteiger partial charge < -0.3 is 9.47 Å². The number of carbonyl (C=O) groups is 1. The van der Waals surface area contributed by atoms with Gasteiger partial charge in [-0.25, -0.2) is 0 Å². The average Bonchev–Trinajstić information content (AvgIpc) is 2.46. The van der Waals surface area contributed by atoms with Crippen molar-refractivity contribution in [2.24, 2.45) is 0 Å². The molecule has 20 heavy (non-hydrogen) atoms. The van der Waals surface area contributed by atoms with E-state index in [1.54, 1.807) is 25.3 Å². The van der Waals surface area contributed by atoms with Crippen molar-refractivity contribution < 1.29 is 14.3 Å². The van der Waals surface area contributed by atoms with E-state index in [0.29, 0.717) is 11.4 Å². The lowest BCUT2D eigenvalue weighted by Gasteiger charge is -2.25. The van der Waals surface area contributed by atoms with Gasteiger partial charge in [-0.1, -0.05) is 23.7 Å². The van der Waals surface area contributed by atoms with Crippen LogP contribution in [0, 0.1) is 0 Å². The molecule has 0 saturated heterocycles. The Morgan fingerprint density at radius 2 is 1.95 bits per heavy atom. The van der Waals surface area contributed by atoms with Crippen LogP contribution in [-0.2, 0) is 11.2 Å². The first kappa shape index (κ1) is 13.0. The molecule has 1 atom stereocenters. The highest BCUT2D eigenvalue weighted by Crippen LogP contribution is 2.34. The third kappa shape index (κ3) is 2.37. The van der Waals surface area contributed by atoms with Gasteiger partial charge in [-0.05, 0) is 30.3 Å². The molecule has 0 N–H and O–H groups in total. The highest BCUT2D eigenvalue weighted by molar-refractivity contribution is 6.30. The number of hydrogen-bond donors (Lipinski definition) is 0. The molecule has 0 fully saturated rings. The van der Waals surface area contributed by atoms with Crippen LogP contribution in [0.3, 0.4) is 0 Å². The van der Waals surface area contributed by atoms with Crippen LogP contribution in [0.25, 0.3) is 0 Å². The summed E-state index contributed by atoms with van der Waals surface area (Å²) in [5.74, 6) is 1.50. The van der Waals surface area contributed by atoms with Gasteiger partial charge in [-0.2, -0.15) is 0 Å². The molecule has 4 heteroatoms. The SMILES string of the molecule is COc1ccc(C2Oc3ccc(Cl)cc3CC2=O)cc1. The lowest BCUT2D eigenvalue weighted by Crippen LogP contribution is -2.25. The maximum atomic E-state index is 12.2. The third-order valence-electron chi connectivity index (χ3n) is 3.34. The molecule has 1 aliphatic heterocycles. The van der Waals surface area contributed by atoms with E-state index in [1.807, 2.05) is 24.3 Å². The highest BCUT2D eigenvalue weighted by Gasteiger charge is 2.29. The quantitative estimate of drug-likeness (QED) is 0.847.